The van der Waals surface area contributed by atoms with E-state index >= 15 is 0 Å². The van der Waals surface area contributed by atoms with Crippen LogP contribution in [0.15, 0.2) is 22.8 Å². The number of carbonyl (C=O) groups is 1. The van der Waals surface area contributed by atoms with Gasteiger partial charge < -0.3 is 20.3 Å². The fourth-order valence-electron chi connectivity index (χ4n) is 3.32. The topological polar surface area (TPSA) is 107 Å². The number of hydrogen-bond donors (Lipinski definition) is 2. The molecular formula is C16H20BrN6O3+. The summed E-state index contributed by atoms with van der Waals surface area (Å²) in [6, 6.07) is 4.16. The summed E-state index contributed by atoms with van der Waals surface area (Å²) in [5.74, 6) is -0.0827. The molecule has 0 saturated carbocycles. The van der Waals surface area contributed by atoms with Crippen molar-refractivity contribution < 1.29 is 14.6 Å². The standard InChI is InChI=1S/C16H19BrN6O3/c1-10-14(17)16(23(25)26)20-22(10)9-13(24)19-15-11(5-3-7-18-15)12-6-4-8-21(12)2/h3,5,7,12H,4,6,8-9H2,1-2H3,(H,18,19,24)/p+1. The lowest BCUT2D eigenvalue weighted by Crippen LogP contribution is -3.07. The Kier molecular flexibility index (Phi) is 5.33. The van der Waals surface area contributed by atoms with Gasteiger partial charge in [-0.05, 0) is 39.9 Å². The van der Waals surface area contributed by atoms with Crippen molar-refractivity contribution in [3.05, 3.63) is 44.2 Å². The minimum absolute atomic E-state index is 0.123. The number of nitrogens with zero attached hydrogens (tertiary/aromatic N) is 4. The fourth-order valence-corrected chi connectivity index (χ4v) is 3.75. The zero-order valence-corrected chi connectivity index (χ0v) is 16.1. The molecule has 2 unspecified atom stereocenters. The van der Waals surface area contributed by atoms with Gasteiger partial charge in [-0.1, -0.05) is 0 Å². The second-order valence-corrected chi connectivity index (χ2v) is 7.21. The fraction of sp³-hybridized carbons (Fsp3) is 0.438. The van der Waals surface area contributed by atoms with Gasteiger partial charge in [0.1, 0.15) is 22.9 Å². The van der Waals surface area contributed by atoms with Crippen LogP contribution in [0.1, 0.15) is 30.1 Å². The number of nitrogens with one attached hydrogen (secondary N) is 2. The molecule has 1 aliphatic rings. The van der Waals surface area contributed by atoms with Crippen molar-refractivity contribution >= 4 is 33.5 Å². The van der Waals surface area contributed by atoms with Crippen LogP contribution < -0.4 is 10.2 Å². The van der Waals surface area contributed by atoms with Gasteiger partial charge in [-0.3, -0.25) is 4.79 Å². The number of pyridine rings is 1. The van der Waals surface area contributed by atoms with Crippen LogP contribution in [0, 0.1) is 17.0 Å². The highest BCUT2D eigenvalue weighted by Crippen LogP contribution is 2.27. The normalized spacial score (nSPS) is 19.5. The third-order valence-corrected chi connectivity index (χ3v) is 5.64. The van der Waals surface area contributed by atoms with Crippen molar-refractivity contribution in [2.45, 2.75) is 32.4 Å². The molecule has 3 heterocycles. The minimum Gasteiger partial charge on any atom is -0.358 e. The molecule has 1 saturated heterocycles. The largest absolute Gasteiger partial charge is 0.404 e. The van der Waals surface area contributed by atoms with Gasteiger partial charge in [0.25, 0.3) is 0 Å². The van der Waals surface area contributed by atoms with Crippen LogP contribution in [-0.2, 0) is 11.3 Å². The Labute approximate surface area is 158 Å². The maximum Gasteiger partial charge on any atom is 0.404 e. The second-order valence-electron chi connectivity index (χ2n) is 6.42. The van der Waals surface area contributed by atoms with Gasteiger partial charge in [-0.2, -0.15) is 4.68 Å². The Morgan fingerprint density at radius 3 is 2.96 bits per heavy atom. The highest BCUT2D eigenvalue weighted by Gasteiger charge is 2.30. The van der Waals surface area contributed by atoms with E-state index in [1.807, 2.05) is 12.1 Å². The first-order valence-corrected chi connectivity index (χ1v) is 9.12. The zero-order valence-electron chi connectivity index (χ0n) is 14.5. The van der Waals surface area contributed by atoms with Crippen LogP contribution in [-0.4, -0.2) is 39.2 Å². The van der Waals surface area contributed by atoms with Gasteiger partial charge in [0.05, 0.1) is 29.9 Å². The van der Waals surface area contributed by atoms with Gasteiger partial charge in [0.2, 0.25) is 5.91 Å². The first-order chi connectivity index (χ1) is 12.4. The van der Waals surface area contributed by atoms with Gasteiger partial charge in [0.15, 0.2) is 0 Å². The molecule has 0 aromatic carbocycles. The predicted octanol–water partition coefficient (Wildman–Crippen LogP) is 1.25. The highest BCUT2D eigenvalue weighted by atomic mass is 79.9. The number of carbonyl (C=O) groups excluding carboxylic acids is 1. The molecule has 0 spiro atoms. The van der Waals surface area contributed by atoms with Crippen molar-refractivity contribution in [2.24, 2.45) is 0 Å². The molecule has 2 aromatic heterocycles. The highest BCUT2D eigenvalue weighted by molar-refractivity contribution is 9.10. The monoisotopic (exact) mass is 423 g/mol. The Bertz CT molecular complexity index is 853. The number of amides is 1. The van der Waals surface area contributed by atoms with E-state index in [4.69, 9.17) is 0 Å². The third kappa shape index (κ3) is 3.61. The van der Waals surface area contributed by atoms with Gasteiger partial charge in [0, 0.05) is 19.0 Å². The molecule has 1 aliphatic heterocycles. The lowest BCUT2D eigenvalue weighted by atomic mass is 10.1. The quantitative estimate of drug-likeness (QED) is 0.555. The Balaban J connectivity index is 1.77. The van der Waals surface area contributed by atoms with Crippen LogP contribution in [0.25, 0.3) is 0 Å². The lowest BCUT2D eigenvalue weighted by molar-refractivity contribution is -0.898. The van der Waals surface area contributed by atoms with E-state index < -0.39 is 4.92 Å². The molecule has 26 heavy (non-hydrogen) atoms. The van der Waals surface area contributed by atoms with Gasteiger partial charge >= 0.3 is 5.82 Å². The molecule has 0 aliphatic carbocycles. The van der Waals surface area contributed by atoms with E-state index in [2.05, 4.69) is 38.4 Å². The maximum absolute atomic E-state index is 12.5. The number of nitro groups is 1. The second kappa shape index (κ2) is 7.50. The van der Waals surface area contributed by atoms with Crippen LogP contribution >= 0.6 is 15.9 Å². The summed E-state index contributed by atoms with van der Waals surface area (Å²) >= 11 is 3.15. The summed E-state index contributed by atoms with van der Waals surface area (Å²) in [6.45, 7) is 2.64. The van der Waals surface area contributed by atoms with Crippen molar-refractivity contribution in [3.63, 3.8) is 0 Å². The van der Waals surface area contributed by atoms with Crippen LogP contribution in [0.3, 0.4) is 0 Å². The van der Waals surface area contributed by atoms with Crippen LogP contribution in [0.5, 0.6) is 0 Å². The average molecular weight is 424 g/mol. The molecule has 1 fully saturated rings. The zero-order chi connectivity index (χ0) is 18.8. The molecule has 2 aromatic rings. The van der Waals surface area contributed by atoms with Crippen molar-refractivity contribution in [3.8, 4) is 0 Å². The number of quaternary nitrogens is 1. The van der Waals surface area contributed by atoms with Gasteiger partial charge in [-0.25, -0.2) is 4.98 Å². The summed E-state index contributed by atoms with van der Waals surface area (Å²) in [7, 11) is 2.14. The average Bonchev–Trinajstić information content (AvgIpc) is 3.14. The van der Waals surface area contributed by atoms with Crippen molar-refractivity contribution in [1.82, 2.24) is 14.8 Å². The molecule has 2 N–H and O–H groups in total. The predicted molar refractivity (Wildman–Crippen MR) is 97.9 cm³/mol. The molecule has 138 valence electrons. The minimum atomic E-state index is -0.582. The van der Waals surface area contributed by atoms with E-state index in [0.29, 0.717) is 17.6 Å². The van der Waals surface area contributed by atoms with E-state index in [-0.39, 0.29) is 22.7 Å². The molecule has 2 atom stereocenters. The first kappa shape index (κ1) is 18.5. The number of rotatable bonds is 5. The SMILES string of the molecule is Cc1c(Br)c([N+](=O)[O-])nn1CC(=O)Nc1ncccc1C1CCC[NH+]1C. The number of anilines is 1. The summed E-state index contributed by atoms with van der Waals surface area (Å²) in [5, 5.41) is 17.7. The number of likely N-dealkylation sites (tertiary alicyclic amines) is 1. The lowest BCUT2D eigenvalue weighted by Gasteiger charge is -2.19. The number of hydrogen-bond acceptors (Lipinski definition) is 5. The van der Waals surface area contributed by atoms with Crippen LogP contribution in [0.4, 0.5) is 11.6 Å². The van der Waals surface area contributed by atoms with Crippen molar-refractivity contribution in [2.75, 3.05) is 18.9 Å². The van der Waals surface area contributed by atoms with E-state index in [1.165, 1.54) is 9.58 Å². The number of aromatic nitrogens is 3. The molecule has 10 heteroatoms. The first-order valence-electron chi connectivity index (χ1n) is 8.33. The van der Waals surface area contributed by atoms with Gasteiger partial charge in [-0.15, -0.1) is 0 Å². The Hall–Kier alpha value is -2.33. The number of halogens is 1. The summed E-state index contributed by atoms with van der Waals surface area (Å²) in [5.41, 5.74) is 1.54. The van der Waals surface area contributed by atoms with E-state index in [1.54, 1.807) is 13.1 Å². The smallest absolute Gasteiger partial charge is 0.358 e. The van der Waals surface area contributed by atoms with E-state index in [0.717, 1.165) is 24.9 Å². The molecule has 1 amide bonds. The summed E-state index contributed by atoms with van der Waals surface area (Å²) < 4.78 is 1.60. The Morgan fingerprint density at radius 2 is 2.35 bits per heavy atom. The molecular weight excluding hydrogens is 404 g/mol. The third-order valence-electron chi connectivity index (χ3n) is 4.71. The summed E-state index contributed by atoms with van der Waals surface area (Å²) in [6.07, 6.45) is 3.84. The molecule has 3 rings (SSSR count). The maximum atomic E-state index is 12.5. The molecule has 0 radical (unpaired) electrons. The van der Waals surface area contributed by atoms with E-state index in [9.17, 15) is 14.9 Å². The Morgan fingerprint density at radius 1 is 1.58 bits per heavy atom. The molecule has 0 bridgehead atoms. The molecule has 9 nitrogen and oxygen atoms in total. The summed E-state index contributed by atoms with van der Waals surface area (Å²) in [4.78, 5) is 28.6. The van der Waals surface area contributed by atoms with Crippen molar-refractivity contribution in [1.29, 1.82) is 0 Å². The van der Waals surface area contributed by atoms with Crippen LogP contribution in [0.2, 0.25) is 0 Å².